The van der Waals surface area contributed by atoms with E-state index < -0.39 is 0 Å². The molecule has 1 saturated heterocycles. The molecule has 6 nitrogen and oxygen atoms in total. The molecule has 2 aliphatic heterocycles. The number of benzene rings is 1. The number of carbonyl (C=O) groups is 1. The number of hydrogen-bond donors (Lipinski definition) is 1. The van der Waals surface area contributed by atoms with Crippen molar-refractivity contribution in [2.75, 3.05) is 13.1 Å². The van der Waals surface area contributed by atoms with Gasteiger partial charge in [-0.3, -0.25) is 14.5 Å². The molecule has 1 amide bonds. The van der Waals surface area contributed by atoms with E-state index in [4.69, 9.17) is 4.98 Å². The Kier molecular flexibility index (Phi) is 5.91. The highest BCUT2D eigenvalue weighted by molar-refractivity contribution is 5.77. The van der Waals surface area contributed by atoms with Crippen molar-refractivity contribution in [3.8, 4) is 0 Å². The van der Waals surface area contributed by atoms with Crippen LogP contribution in [0.3, 0.4) is 0 Å². The molecule has 0 spiro atoms. The number of hydrogen-bond acceptors (Lipinski definition) is 4. The number of rotatable bonds is 5. The molecule has 3 aliphatic rings. The minimum Gasteiger partial charge on any atom is -0.332 e. The number of likely N-dealkylation sites (tertiary alicyclic amines) is 1. The molecule has 1 N–H and O–H groups in total. The predicted molar refractivity (Wildman–Crippen MR) is 119 cm³/mol. The van der Waals surface area contributed by atoms with E-state index in [0.29, 0.717) is 61.9 Å². The number of aromatic nitrogens is 2. The Morgan fingerprint density at radius 2 is 2.09 bits per heavy atom. The third-order valence-corrected chi connectivity index (χ3v) is 6.96. The third-order valence-electron chi connectivity index (χ3n) is 6.96. The number of nitrogens with one attached hydrogen (secondary N) is 1. The number of amides is 1. The molecule has 0 saturated carbocycles. The topological polar surface area (TPSA) is 69.3 Å². The second-order valence-corrected chi connectivity index (χ2v) is 9.14. The number of carbonyl (C=O) groups excluding carboxylic acids is 1. The lowest BCUT2D eigenvalue weighted by molar-refractivity contribution is -0.133. The molecule has 5 rings (SSSR count). The van der Waals surface area contributed by atoms with Crippen molar-refractivity contribution in [2.24, 2.45) is 5.92 Å². The third kappa shape index (κ3) is 4.26. The zero-order chi connectivity index (χ0) is 22.1. The quantitative estimate of drug-likeness (QED) is 0.729. The molecule has 168 valence electrons. The summed E-state index contributed by atoms with van der Waals surface area (Å²) in [5.41, 5.74) is 2.01. The SMILES string of the molecule is O=C(C[C@@H]1C=CCC1)N1CCC[C@@H]1c1nc2c(c(=O)[nH]1)CCN(Cc1ccccc1F)C2. The molecule has 7 heteroatoms. The lowest BCUT2D eigenvalue weighted by Crippen LogP contribution is -2.37. The van der Waals surface area contributed by atoms with Crippen molar-refractivity contribution in [3.63, 3.8) is 0 Å². The summed E-state index contributed by atoms with van der Waals surface area (Å²) in [6, 6.07) is 6.62. The summed E-state index contributed by atoms with van der Waals surface area (Å²) in [5, 5.41) is 0. The Hall–Kier alpha value is -2.80. The second-order valence-electron chi connectivity index (χ2n) is 9.14. The average Bonchev–Trinajstić information content (AvgIpc) is 3.47. The van der Waals surface area contributed by atoms with Gasteiger partial charge in [0.05, 0.1) is 11.7 Å². The monoisotopic (exact) mass is 436 g/mol. The number of allylic oxidation sites excluding steroid dienone is 2. The van der Waals surface area contributed by atoms with E-state index in [-0.39, 0.29) is 23.3 Å². The minimum atomic E-state index is -0.213. The Morgan fingerprint density at radius 3 is 2.91 bits per heavy atom. The maximum atomic E-state index is 14.1. The Labute approximate surface area is 187 Å². The number of fused-ring (bicyclic) bond motifs is 1. The molecule has 1 aromatic heterocycles. The number of aromatic amines is 1. The van der Waals surface area contributed by atoms with Gasteiger partial charge in [-0.1, -0.05) is 30.4 Å². The van der Waals surface area contributed by atoms with Crippen LogP contribution in [0.25, 0.3) is 0 Å². The summed E-state index contributed by atoms with van der Waals surface area (Å²) >= 11 is 0. The number of halogens is 1. The Bertz CT molecular complexity index is 1100. The summed E-state index contributed by atoms with van der Waals surface area (Å²) in [4.78, 5) is 37.6. The number of H-pyrrole nitrogens is 1. The minimum absolute atomic E-state index is 0.103. The highest BCUT2D eigenvalue weighted by Crippen LogP contribution is 2.32. The van der Waals surface area contributed by atoms with Gasteiger partial charge in [0, 0.05) is 43.7 Å². The van der Waals surface area contributed by atoms with E-state index >= 15 is 0 Å². The molecule has 2 atom stereocenters. The van der Waals surface area contributed by atoms with Crippen molar-refractivity contribution in [1.82, 2.24) is 19.8 Å². The summed E-state index contributed by atoms with van der Waals surface area (Å²) in [6.07, 6.45) is 9.22. The van der Waals surface area contributed by atoms with Crippen molar-refractivity contribution >= 4 is 5.91 Å². The highest BCUT2D eigenvalue weighted by atomic mass is 19.1. The fourth-order valence-electron chi connectivity index (χ4n) is 5.23. The number of nitrogens with zero attached hydrogens (tertiary/aromatic N) is 3. The van der Waals surface area contributed by atoms with Crippen molar-refractivity contribution in [3.05, 3.63) is 75.2 Å². The van der Waals surface area contributed by atoms with Crippen LogP contribution in [0, 0.1) is 11.7 Å². The summed E-state index contributed by atoms with van der Waals surface area (Å²) in [7, 11) is 0. The maximum absolute atomic E-state index is 14.1. The van der Waals surface area contributed by atoms with Crippen LogP contribution < -0.4 is 5.56 Å². The van der Waals surface area contributed by atoms with Gasteiger partial charge in [0.15, 0.2) is 0 Å². The van der Waals surface area contributed by atoms with E-state index in [1.807, 2.05) is 11.0 Å². The van der Waals surface area contributed by atoms with E-state index in [9.17, 15) is 14.0 Å². The van der Waals surface area contributed by atoms with E-state index in [2.05, 4.69) is 22.0 Å². The summed E-state index contributed by atoms with van der Waals surface area (Å²) in [6.45, 7) is 2.39. The van der Waals surface area contributed by atoms with Crippen LogP contribution in [0.4, 0.5) is 4.39 Å². The second kappa shape index (κ2) is 8.98. The largest absolute Gasteiger partial charge is 0.332 e. The molecule has 2 aromatic rings. The van der Waals surface area contributed by atoms with E-state index in [1.165, 1.54) is 6.07 Å². The normalized spacial score (nSPS) is 23.0. The van der Waals surface area contributed by atoms with Gasteiger partial charge in [0.1, 0.15) is 11.6 Å². The molecule has 3 heterocycles. The van der Waals surface area contributed by atoms with Gasteiger partial charge in [0.2, 0.25) is 5.91 Å². The smallest absolute Gasteiger partial charge is 0.254 e. The zero-order valence-electron chi connectivity index (χ0n) is 18.2. The molecule has 1 fully saturated rings. The first-order valence-corrected chi connectivity index (χ1v) is 11.6. The Morgan fingerprint density at radius 1 is 1.22 bits per heavy atom. The van der Waals surface area contributed by atoms with Crippen LogP contribution in [0.15, 0.2) is 41.2 Å². The maximum Gasteiger partial charge on any atom is 0.254 e. The van der Waals surface area contributed by atoms with Gasteiger partial charge in [0.25, 0.3) is 5.56 Å². The van der Waals surface area contributed by atoms with Gasteiger partial charge in [-0.15, -0.1) is 0 Å². The van der Waals surface area contributed by atoms with Gasteiger partial charge >= 0.3 is 0 Å². The first-order chi connectivity index (χ1) is 15.6. The molecular weight excluding hydrogens is 407 g/mol. The molecule has 1 aromatic carbocycles. The van der Waals surface area contributed by atoms with Gasteiger partial charge in [-0.2, -0.15) is 0 Å². The highest BCUT2D eigenvalue weighted by Gasteiger charge is 2.34. The van der Waals surface area contributed by atoms with Gasteiger partial charge in [-0.25, -0.2) is 9.37 Å². The van der Waals surface area contributed by atoms with Crippen LogP contribution in [-0.4, -0.2) is 38.8 Å². The lowest BCUT2D eigenvalue weighted by atomic mass is 10.0. The fourth-order valence-corrected chi connectivity index (χ4v) is 5.23. The fraction of sp³-hybridized carbons (Fsp3) is 0.480. The molecule has 0 radical (unpaired) electrons. The predicted octanol–water partition coefficient (Wildman–Crippen LogP) is 3.49. The summed E-state index contributed by atoms with van der Waals surface area (Å²) < 4.78 is 14.1. The standard InChI is InChI=1S/C25H29FN4O2/c26-20-9-4-3-8-18(20)15-29-13-11-19-21(16-29)27-24(28-25(19)32)22-10-5-12-30(22)23(31)14-17-6-1-2-7-17/h1,3-4,6,8-9,17,22H,2,5,7,10-16H2,(H,27,28,32)/t17-,22-/m1/s1. The zero-order valence-corrected chi connectivity index (χ0v) is 18.2. The van der Waals surface area contributed by atoms with E-state index in [0.717, 1.165) is 31.4 Å². The molecule has 0 unspecified atom stereocenters. The van der Waals surface area contributed by atoms with E-state index in [1.54, 1.807) is 12.1 Å². The van der Waals surface area contributed by atoms with Crippen molar-refractivity contribution < 1.29 is 9.18 Å². The van der Waals surface area contributed by atoms with Crippen molar-refractivity contribution in [2.45, 2.75) is 57.7 Å². The van der Waals surface area contributed by atoms with Crippen LogP contribution in [0.5, 0.6) is 0 Å². The van der Waals surface area contributed by atoms with Gasteiger partial charge in [-0.05, 0) is 44.1 Å². The summed E-state index contributed by atoms with van der Waals surface area (Å²) in [5.74, 6) is 0.848. The molecule has 0 bridgehead atoms. The molecule has 1 aliphatic carbocycles. The first kappa shape index (κ1) is 21.1. The lowest BCUT2D eigenvalue weighted by Gasteiger charge is -2.29. The van der Waals surface area contributed by atoms with Gasteiger partial charge < -0.3 is 9.88 Å². The van der Waals surface area contributed by atoms with Crippen molar-refractivity contribution in [1.29, 1.82) is 0 Å². The first-order valence-electron chi connectivity index (χ1n) is 11.6. The van der Waals surface area contributed by atoms with Crippen LogP contribution in [0.1, 0.15) is 60.8 Å². The van der Waals surface area contributed by atoms with Crippen LogP contribution in [0.2, 0.25) is 0 Å². The molecular formula is C25H29FN4O2. The van der Waals surface area contributed by atoms with Crippen LogP contribution in [-0.2, 0) is 24.3 Å². The average molecular weight is 437 g/mol. The Balaban J connectivity index is 1.34. The van der Waals surface area contributed by atoms with Crippen LogP contribution >= 0.6 is 0 Å². The molecule has 32 heavy (non-hydrogen) atoms.